The van der Waals surface area contributed by atoms with Crippen LogP contribution in [0.25, 0.3) is 0 Å². The quantitative estimate of drug-likeness (QED) is 0.454. The van der Waals surface area contributed by atoms with Crippen molar-refractivity contribution in [1.29, 1.82) is 0 Å². The van der Waals surface area contributed by atoms with Gasteiger partial charge in [0.1, 0.15) is 52.3 Å². The molecule has 0 atom stereocenters. The number of ether oxygens (including phenoxy) is 1. The fraction of sp³-hybridized carbons (Fsp3) is 0.0526. The molecule has 0 aliphatic rings. The highest BCUT2D eigenvalue weighted by Crippen LogP contribution is 2.18. The Hall–Kier alpha value is -2.57. The molecule has 0 aliphatic carbocycles. The monoisotopic (exact) mass is 432 g/mol. The van der Waals surface area contributed by atoms with Crippen LogP contribution in [0.15, 0.2) is 36.4 Å². The van der Waals surface area contributed by atoms with Crippen LogP contribution in [0, 0.1) is 46.5 Å². The van der Waals surface area contributed by atoms with E-state index in [2.05, 4.69) is 0 Å². The van der Waals surface area contributed by atoms with Gasteiger partial charge in [0.05, 0.1) is 7.11 Å². The average Bonchev–Trinajstić information content (AvgIpc) is 2.58. The Kier molecular flexibility index (Phi) is 5.87. The summed E-state index contributed by atoms with van der Waals surface area (Å²) in [6.45, 7) is 0. The third-order valence-corrected chi connectivity index (χ3v) is 7.63. The summed E-state index contributed by atoms with van der Waals surface area (Å²) < 4.78 is 115. The SMILES string of the molecule is COc1cc(F)cc(F)[c]1[Al]([c]1c(F)cc(F)cc1F)[c]1c(F)cc(F)cc1F. The predicted molar refractivity (Wildman–Crippen MR) is 90.2 cm³/mol. The van der Waals surface area contributed by atoms with Gasteiger partial charge in [-0.25, -0.2) is 35.1 Å². The molecular weight excluding hydrogens is 423 g/mol. The molecule has 0 bridgehead atoms. The van der Waals surface area contributed by atoms with Gasteiger partial charge < -0.3 is 4.74 Å². The Morgan fingerprint density at radius 3 is 1.17 bits per heavy atom. The van der Waals surface area contributed by atoms with Crippen molar-refractivity contribution in [1.82, 2.24) is 0 Å². The van der Waals surface area contributed by atoms with Crippen molar-refractivity contribution in [3.05, 3.63) is 82.9 Å². The average molecular weight is 432 g/mol. The van der Waals surface area contributed by atoms with Crippen LogP contribution in [-0.4, -0.2) is 21.3 Å². The van der Waals surface area contributed by atoms with Gasteiger partial charge in [0.2, 0.25) is 0 Å². The Morgan fingerprint density at radius 2 is 0.828 bits per heavy atom. The zero-order valence-corrected chi connectivity index (χ0v) is 15.6. The summed E-state index contributed by atoms with van der Waals surface area (Å²) >= 11 is -4.12. The number of rotatable bonds is 4. The topological polar surface area (TPSA) is 9.23 Å². The second-order valence-corrected chi connectivity index (χ2v) is 8.60. The first-order chi connectivity index (χ1) is 13.6. The summed E-state index contributed by atoms with van der Waals surface area (Å²) in [6, 6.07) is 2.03. The molecule has 0 radical (unpaired) electrons. The molecule has 0 amide bonds. The summed E-state index contributed by atoms with van der Waals surface area (Å²) in [5.74, 6) is -11.8. The van der Waals surface area contributed by atoms with Gasteiger partial charge in [-0.2, -0.15) is 0 Å². The summed E-state index contributed by atoms with van der Waals surface area (Å²) in [4.78, 5) is 0. The number of hydrogen-bond acceptors (Lipinski definition) is 1. The summed E-state index contributed by atoms with van der Waals surface area (Å²) in [5, 5.41) is 0. The van der Waals surface area contributed by atoms with E-state index in [0.29, 0.717) is 12.1 Å². The lowest BCUT2D eigenvalue weighted by molar-refractivity contribution is 0.411. The van der Waals surface area contributed by atoms with Crippen LogP contribution >= 0.6 is 0 Å². The Labute approximate surface area is 163 Å². The van der Waals surface area contributed by atoms with Crippen LogP contribution in [0.1, 0.15) is 0 Å². The first-order valence-corrected chi connectivity index (χ1v) is 9.69. The number of benzene rings is 3. The van der Waals surface area contributed by atoms with E-state index in [1.807, 2.05) is 0 Å². The van der Waals surface area contributed by atoms with E-state index < -0.39 is 79.7 Å². The lowest BCUT2D eigenvalue weighted by atomic mass is 10.3. The molecule has 0 spiro atoms. The summed E-state index contributed by atoms with van der Waals surface area (Å²) in [7, 11) is 0.984. The van der Waals surface area contributed by atoms with Crippen LogP contribution in [0.3, 0.4) is 0 Å². The third-order valence-electron chi connectivity index (χ3n) is 4.23. The van der Waals surface area contributed by atoms with E-state index in [4.69, 9.17) is 4.74 Å². The molecule has 0 aliphatic heterocycles. The van der Waals surface area contributed by atoms with Gasteiger partial charge in [0.25, 0.3) is 0 Å². The van der Waals surface area contributed by atoms with Crippen molar-refractivity contribution in [2.24, 2.45) is 0 Å². The van der Waals surface area contributed by atoms with Gasteiger partial charge >= 0.3 is 14.1 Å². The van der Waals surface area contributed by atoms with E-state index in [1.165, 1.54) is 0 Å². The Balaban J connectivity index is 2.47. The molecule has 29 heavy (non-hydrogen) atoms. The second-order valence-electron chi connectivity index (χ2n) is 6.00. The molecule has 0 N–H and O–H groups in total. The zero-order chi connectivity index (χ0) is 21.5. The standard InChI is InChI=1S/C7H5F2O.2C6H2F3.Al/c1-10-7-3-5(8)2-6(9)4-7;2*7-4-1-5(8)3-6(9)2-4;/h2-3H,1H3;2*1-2H;. The molecule has 3 rings (SSSR count). The van der Waals surface area contributed by atoms with Crippen molar-refractivity contribution in [3.63, 3.8) is 0 Å². The van der Waals surface area contributed by atoms with Crippen molar-refractivity contribution >= 4 is 27.4 Å². The molecule has 0 fully saturated rings. The molecular formula is C19H9AlF8O. The normalized spacial score (nSPS) is 10.9. The summed E-state index contributed by atoms with van der Waals surface area (Å²) in [6.07, 6.45) is 0. The van der Waals surface area contributed by atoms with E-state index >= 15 is 0 Å². The van der Waals surface area contributed by atoms with E-state index in [0.717, 1.165) is 7.11 Å². The van der Waals surface area contributed by atoms with Crippen LogP contribution < -0.4 is 18.0 Å². The van der Waals surface area contributed by atoms with Gasteiger partial charge in [0.15, 0.2) is 0 Å². The Bertz CT molecular complexity index is 998. The van der Waals surface area contributed by atoms with Crippen molar-refractivity contribution in [2.75, 3.05) is 7.11 Å². The lowest BCUT2D eigenvalue weighted by Crippen LogP contribution is -2.58. The van der Waals surface area contributed by atoms with E-state index in [1.54, 1.807) is 0 Å². The van der Waals surface area contributed by atoms with Crippen molar-refractivity contribution in [3.8, 4) is 5.75 Å². The van der Waals surface area contributed by atoms with Gasteiger partial charge in [-0.3, -0.25) is 0 Å². The van der Waals surface area contributed by atoms with E-state index in [-0.39, 0.29) is 24.3 Å². The first kappa shape index (κ1) is 21.1. The largest absolute Gasteiger partial charge is 0.498 e. The molecule has 0 heterocycles. The lowest BCUT2D eigenvalue weighted by Gasteiger charge is -2.20. The fourth-order valence-electron chi connectivity index (χ4n) is 3.10. The second kappa shape index (κ2) is 8.05. The fourth-order valence-corrected chi connectivity index (χ4v) is 6.25. The maximum absolute atomic E-state index is 14.7. The molecule has 3 aromatic rings. The minimum Gasteiger partial charge on any atom is -0.498 e. The number of methoxy groups -OCH3 is 1. The molecule has 10 heteroatoms. The van der Waals surface area contributed by atoms with Crippen LogP contribution in [-0.2, 0) is 0 Å². The highest BCUT2D eigenvalue weighted by molar-refractivity contribution is 6.96. The first-order valence-electron chi connectivity index (χ1n) is 7.95. The minimum absolute atomic E-state index is 0.256. The number of hydrogen-bond donors (Lipinski definition) is 0. The van der Waals surface area contributed by atoms with E-state index in [9.17, 15) is 35.1 Å². The van der Waals surface area contributed by atoms with Crippen molar-refractivity contribution < 1.29 is 39.9 Å². The van der Waals surface area contributed by atoms with Crippen LogP contribution in [0.5, 0.6) is 5.75 Å². The van der Waals surface area contributed by atoms with Crippen LogP contribution in [0.4, 0.5) is 35.1 Å². The number of halogens is 8. The molecule has 0 unspecified atom stereocenters. The Morgan fingerprint density at radius 1 is 0.517 bits per heavy atom. The molecule has 0 saturated carbocycles. The minimum atomic E-state index is -4.12. The maximum Gasteiger partial charge on any atom is 0.413 e. The molecule has 1 nitrogen and oxygen atoms in total. The molecule has 3 aromatic carbocycles. The molecule has 0 saturated heterocycles. The van der Waals surface area contributed by atoms with Gasteiger partial charge in [-0.15, -0.1) is 0 Å². The van der Waals surface area contributed by atoms with Crippen LogP contribution in [0.2, 0.25) is 0 Å². The van der Waals surface area contributed by atoms with Crippen molar-refractivity contribution in [2.45, 2.75) is 0 Å². The predicted octanol–water partition coefficient (Wildman–Crippen LogP) is 3.32. The maximum atomic E-state index is 14.7. The van der Waals surface area contributed by atoms with Gasteiger partial charge in [-0.05, 0) is 13.3 Å². The highest BCUT2D eigenvalue weighted by atomic mass is 27.2. The zero-order valence-electron chi connectivity index (χ0n) is 14.5. The highest BCUT2D eigenvalue weighted by Gasteiger charge is 2.40. The smallest absolute Gasteiger partial charge is 0.413 e. The third kappa shape index (κ3) is 3.95. The van der Waals surface area contributed by atoms with Gasteiger partial charge in [0, 0.05) is 36.4 Å². The summed E-state index contributed by atoms with van der Waals surface area (Å²) in [5.41, 5.74) is 0. The molecule has 0 aromatic heterocycles. The molecule has 150 valence electrons. The van der Waals surface area contributed by atoms with Gasteiger partial charge in [-0.1, -0.05) is 0 Å².